The lowest BCUT2D eigenvalue weighted by Gasteiger charge is -2.27. The van der Waals surface area contributed by atoms with Crippen molar-refractivity contribution in [1.82, 2.24) is 15.1 Å². The number of nitrogens with two attached hydrogens (primary N) is 1. The zero-order chi connectivity index (χ0) is 14.7. The van der Waals surface area contributed by atoms with Gasteiger partial charge >= 0.3 is 0 Å². The molecular weight excluding hydrogens is 268 g/mol. The molecule has 6 heteroatoms. The van der Waals surface area contributed by atoms with Crippen LogP contribution in [0.1, 0.15) is 44.3 Å². The second-order valence-electron chi connectivity index (χ2n) is 5.51. The lowest BCUT2D eigenvalue weighted by Crippen LogP contribution is -2.29. The summed E-state index contributed by atoms with van der Waals surface area (Å²) in [6.07, 6.45) is 8.22. The monoisotopic (exact) mass is 288 g/mol. The fourth-order valence-electron chi connectivity index (χ4n) is 2.88. The largest absolute Gasteiger partial charge is 0.384 e. The Labute approximate surface area is 123 Å². The number of methoxy groups -OCH3 is 1. The summed E-state index contributed by atoms with van der Waals surface area (Å²) in [4.78, 5) is 8.58. The summed E-state index contributed by atoms with van der Waals surface area (Å²) in [5.74, 6) is 1.56. The summed E-state index contributed by atoms with van der Waals surface area (Å²) >= 11 is 0. The van der Waals surface area contributed by atoms with E-state index >= 15 is 0 Å². The first kappa shape index (κ1) is 14.0. The molecule has 2 aromatic heterocycles. The second kappa shape index (κ2) is 5.81. The lowest BCUT2D eigenvalue weighted by atomic mass is 9.93. The topological polar surface area (TPSA) is 87.1 Å². The van der Waals surface area contributed by atoms with E-state index < -0.39 is 5.60 Å². The number of ether oxygens (including phenoxy) is 1. The SMILES string of the molecule is COC1(c2noc(-c3ccc(N)nc3)n2)CCCCCC1. The van der Waals surface area contributed by atoms with Crippen LogP contribution in [0.15, 0.2) is 22.9 Å². The van der Waals surface area contributed by atoms with Crippen molar-refractivity contribution in [2.75, 3.05) is 12.8 Å². The van der Waals surface area contributed by atoms with Crippen molar-refractivity contribution in [3.05, 3.63) is 24.2 Å². The van der Waals surface area contributed by atoms with Gasteiger partial charge in [-0.1, -0.05) is 30.8 Å². The number of hydrogen-bond donors (Lipinski definition) is 1. The molecule has 1 saturated carbocycles. The number of nitrogens with zero attached hydrogens (tertiary/aromatic N) is 3. The minimum Gasteiger partial charge on any atom is -0.384 e. The van der Waals surface area contributed by atoms with Gasteiger partial charge in [-0.25, -0.2) is 4.98 Å². The van der Waals surface area contributed by atoms with Crippen LogP contribution in [0, 0.1) is 0 Å². The Morgan fingerprint density at radius 1 is 1.19 bits per heavy atom. The van der Waals surface area contributed by atoms with Crippen molar-refractivity contribution in [2.45, 2.75) is 44.1 Å². The van der Waals surface area contributed by atoms with Crippen molar-refractivity contribution < 1.29 is 9.26 Å². The number of aromatic nitrogens is 3. The minimum absolute atomic E-state index is 0.417. The second-order valence-corrected chi connectivity index (χ2v) is 5.51. The van der Waals surface area contributed by atoms with Crippen molar-refractivity contribution >= 4 is 5.82 Å². The summed E-state index contributed by atoms with van der Waals surface area (Å²) in [6.45, 7) is 0. The van der Waals surface area contributed by atoms with Crippen LogP contribution < -0.4 is 5.73 Å². The summed E-state index contributed by atoms with van der Waals surface area (Å²) in [7, 11) is 1.73. The molecule has 0 aliphatic heterocycles. The maximum Gasteiger partial charge on any atom is 0.259 e. The van der Waals surface area contributed by atoms with Crippen LogP contribution in [-0.2, 0) is 10.3 Å². The quantitative estimate of drug-likeness (QED) is 0.874. The Hall–Kier alpha value is -1.95. The molecule has 21 heavy (non-hydrogen) atoms. The fraction of sp³-hybridized carbons (Fsp3) is 0.533. The average Bonchev–Trinajstić information content (AvgIpc) is 2.88. The number of hydrogen-bond acceptors (Lipinski definition) is 6. The third kappa shape index (κ3) is 2.76. The molecule has 0 radical (unpaired) electrons. The molecule has 0 saturated heterocycles. The Bertz CT molecular complexity index is 586. The molecule has 2 aromatic rings. The molecule has 0 unspecified atom stereocenters. The molecule has 112 valence electrons. The maximum atomic E-state index is 5.79. The molecule has 0 amide bonds. The molecule has 2 heterocycles. The van der Waals surface area contributed by atoms with E-state index in [9.17, 15) is 0 Å². The van der Waals surface area contributed by atoms with Gasteiger partial charge in [-0.2, -0.15) is 4.98 Å². The molecular formula is C15H20N4O2. The standard InChI is InChI=1S/C15H20N4O2/c1-20-15(8-4-2-3-5-9-15)14-18-13(21-19-14)11-6-7-12(16)17-10-11/h6-7,10H,2-5,8-9H2,1H3,(H2,16,17). The third-order valence-electron chi connectivity index (χ3n) is 4.17. The van der Waals surface area contributed by atoms with Crippen molar-refractivity contribution in [3.63, 3.8) is 0 Å². The van der Waals surface area contributed by atoms with Gasteiger partial charge in [0.25, 0.3) is 5.89 Å². The Balaban J connectivity index is 1.90. The molecule has 0 bridgehead atoms. The van der Waals surface area contributed by atoms with E-state index in [1.807, 2.05) is 6.07 Å². The van der Waals surface area contributed by atoms with Crippen LogP contribution in [0.4, 0.5) is 5.82 Å². The van der Waals surface area contributed by atoms with Crippen LogP contribution in [0.5, 0.6) is 0 Å². The van der Waals surface area contributed by atoms with E-state index in [0.717, 1.165) is 31.2 Å². The van der Waals surface area contributed by atoms with Gasteiger partial charge < -0.3 is 15.0 Å². The highest BCUT2D eigenvalue weighted by Crippen LogP contribution is 2.38. The molecule has 0 atom stereocenters. The van der Waals surface area contributed by atoms with Crippen molar-refractivity contribution in [3.8, 4) is 11.5 Å². The van der Waals surface area contributed by atoms with Gasteiger partial charge in [0.1, 0.15) is 11.4 Å². The van der Waals surface area contributed by atoms with Gasteiger partial charge in [0.15, 0.2) is 0 Å². The maximum absolute atomic E-state index is 5.79. The summed E-state index contributed by atoms with van der Waals surface area (Å²) in [6, 6.07) is 3.54. The van der Waals surface area contributed by atoms with Gasteiger partial charge in [-0.05, 0) is 25.0 Å². The van der Waals surface area contributed by atoms with E-state index in [-0.39, 0.29) is 0 Å². The van der Waals surface area contributed by atoms with Gasteiger partial charge in [0.05, 0.1) is 5.56 Å². The number of rotatable bonds is 3. The van der Waals surface area contributed by atoms with E-state index in [2.05, 4.69) is 15.1 Å². The molecule has 2 N–H and O–H groups in total. The Kier molecular flexibility index (Phi) is 3.88. The summed E-state index contributed by atoms with van der Waals surface area (Å²) in [5, 5.41) is 4.15. The molecule has 6 nitrogen and oxygen atoms in total. The van der Waals surface area contributed by atoms with Crippen LogP contribution >= 0.6 is 0 Å². The fourth-order valence-corrected chi connectivity index (χ4v) is 2.88. The predicted octanol–water partition coefficient (Wildman–Crippen LogP) is 2.91. The third-order valence-corrected chi connectivity index (χ3v) is 4.17. The van der Waals surface area contributed by atoms with Gasteiger partial charge in [0.2, 0.25) is 5.82 Å². The zero-order valence-electron chi connectivity index (χ0n) is 12.2. The molecule has 0 aromatic carbocycles. The Morgan fingerprint density at radius 3 is 2.57 bits per heavy atom. The summed E-state index contributed by atoms with van der Waals surface area (Å²) < 4.78 is 11.2. The van der Waals surface area contributed by atoms with Gasteiger partial charge in [0, 0.05) is 13.3 Å². The lowest BCUT2D eigenvalue weighted by molar-refractivity contribution is -0.0365. The normalized spacial score (nSPS) is 18.3. The molecule has 1 fully saturated rings. The first-order valence-electron chi connectivity index (χ1n) is 7.35. The highest BCUT2D eigenvalue weighted by Gasteiger charge is 2.37. The molecule has 0 spiro atoms. The first-order chi connectivity index (χ1) is 10.2. The van der Waals surface area contributed by atoms with Gasteiger partial charge in [-0.15, -0.1) is 0 Å². The van der Waals surface area contributed by atoms with Crippen molar-refractivity contribution in [1.29, 1.82) is 0 Å². The molecule has 3 rings (SSSR count). The van der Waals surface area contributed by atoms with Crippen LogP contribution in [0.25, 0.3) is 11.5 Å². The van der Waals surface area contributed by atoms with E-state index in [4.69, 9.17) is 15.0 Å². The Morgan fingerprint density at radius 2 is 1.95 bits per heavy atom. The highest BCUT2D eigenvalue weighted by atomic mass is 16.5. The number of nitrogen functional groups attached to an aromatic ring is 1. The molecule has 1 aliphatic carbocycles. The van der Waals surface area contributed by atoms with Crippen LogP contribution in [0.2, 0.25) is 0 Å². The van der Waals surface area contributed by atoms with Crippen molar-refractivity contribution in [2.24, 2.45) is 0 Å². The van der Waals surface area contributed by atoms with Crippen LogP contribution in [0.3, 0.4) is 0 Å². The minimum atomic E-state index is -0.417. The zero-order valence-corrected chi connectivity index (χ0v) is 12.2. The van der Waals surface area contributed by atoms with E-state index in [1.54, 1.807) is 19.4 Å². The van der Waals surface area contributed by atoms with E-state index in [1.165, 1.54) is 12.8 Å². The number of anilines is 1. The van der Waals surface area contributed by atoms with Gasteiger partial charge in [-0.3, -0.25) is 0 Å². The number of pyridine rings is 1. The summed E-state index contributed by atoms with van der Waals surface area (Å²) in [5.41, 5.74) is 5.94. The first-order valence-corrected chi connectivity index (χ1v) is 7.35. The van der Waals surface area contributed by atoms with E-state index in [0.29, 0.717) is 17.5 Å². The smallest absolute Gasteiger partial charge is 0.259 e. The predicted molar refractivity (Wildman–Crippen MR) is 78.3 cm³/mol. The highest BCUT2D eigenvalue weighted by molar-refractivity contribution is 5.53. The molecule has 1 aliphatic rings. The average molecular weight is 288 g/mol. The van der Waals surface area contributed by atoms with Crippen LogP contribution in [-0.4, -0.2) is 22.2 Å².